The zero-order valence-corrected chi connectivity index (χ0v) is 17.6. The highest BCUT2D eigenvalue weighted by atomic mass is 35.5. The Labute approximate surface area is 177 Å². The van der Waals surface area contributed by atoms with E-state index in [0.29, 0.717) is 32.5 Å². The first-order chi connectivity index (χ1) is 13.4. The van der Waals surface area contributed by atoms with E-state index in [1.165, 1.54) is 11.8 Å². The molecule has 9 heteroatoms. The summed E-state index contributed by atoms with van der Waals surface area (Å²) in [5.74, 6) is 1.06. The molecule has 0 aliphatic rings. The third-order valence-corrected chi connectivity index (χ3v) is 5.54. The molecule has 0 saturated carbocycles. The lowest BCUT2D eigenvalue weighted by atomic mass is 10.3. The highest BCUT2D eigenvalue weighted by molar-refractivity contribution is 8.00. The second-order valence-corrected chi connectivity index (χ2v) is 8.09. The average molecular weight is 437 g/mol. The fraction of sp³-hybridized carbons (Fsp3) is 0.211. The highest BCUT2D eigenvalue weighted by Crippen LogP contribution is 2.26. The van der Waals surface area contributed by atoms with Gasteiger partial charge in [-0.25, -0.2) is 0 Å². The third-order valence-electron chi connectivity index (χ3n) is 3.86. The summed E-state index contributed by atoms with van der Waals surface area (Å²) in [5, 5.41) is 12.5. The van der Waals surface area contributed by atoms with Gasteiger partial charge in [-0.3, -0.25) is 4.79 Å². The van der Waals surface area contributed by atoms with E-state index in [1.807, 2.05) is 19.2 Å². The van der Waals surface area contributed by atoms with Gasteiger partial charge in [0.15, 0.2) is 11.0 Å². The first-order valence-corrected chi connectivity index (χ1v) is 10.1. The van der Waals surface area contributed by atoms with Crippen molar-refractivity contribution in [2.45, 2.75) is 23.9 Å². The van der Waals surface area contributed by atoms with Crippen LogP contribution in [0.4, 0.5) is 5.69 Å². The van der Waals surface area contributed by atoms with Crippen molar-refractivity contribution in [2.24, 2.45) is 7.05 Å². The van der Waals surface area contributed by atoms with Gasteiger partial charge in [-0.2, -0.15) is 0 Å². The molecule has 0 radical (unpaired) electrons. The number of rotatable bonds is 7. The summed E-state index contributed by atoms with van der Waals surface area (Å²) < 4.78 is 7.50. The first-order valence-electron chi connectivity index (χ1n) is 8.42. The number of benzene rings is 2. The van der Waals surface area contributed by atoms with Crippen LogP contribution in [0.3, 0.4) is 0 Å². The van der Waals surface area contributed by atoms with Crippen LogP contribution in [0.25, 0.3) is 0 Å². The van der Waals surface area contributed by atoms with Crippen molar-refractivity contribution in [1.29, 1.82) is 0 Å². The number of carbonyl (C=O) groups is 1. The Hall–Kier alpha value is -2.22. The molecule has 1 N–H and O–H groups in total. The number of para-hydroxylation sites is 1. The molecule has 2 aromatic carbocycles. The van der Waals surface area contributed by atoms with E-state index >= 15 is 0 Å². The van der Waals surface area contributed by atoms with E-state index in [4.69, 9.17) is 27.9 Å². The van der Waals surface area contributed by atoms with Gasteiger partial charge in [-0.05, 0) is 37.3 Å². The van der Waals surface area contributed by atoms with Crippen LogP contribution in [0.2, 0.25) is 10.0 Å². The molecule has 1 heterocycles. The zero-order valence-electron chi connectivity index (χ0n) is 15.2. The number of aromatic nitrogens is 3. The molecule has 0 fully saturated rings. The number of ether oxygens (including phenoxy) is 1. The lowest BCUT2D eigenvalue weighted by Gasteiger charge is -2.12. The third kappa shape index (κ3) is 5.19. The molecular weight excluding hydrogens is 419 g/mol. The molecule has 6 nitrogen and oxygen atoms in total. The van der Waals surface area contributed by atoms with Gasteiger partial charge in [-0.15, -0.1) is 10.2 Å². The van der Waals surface area contributed by atoms with Gasteiger partial charge in [0.25, 0.3) is 0 Å². The SMILES string of the molecule is C[C@H](Sc1nnc(COc2ccccc2Cl)n1C)C(=O)Nc1cccc(Cl)c1. The minimum Gasteiger partial charge on any atom is -0.484 e. The largest absolute Gasteiger partial charge is 0.484 e. The van der Waals surface area contributed by atoms with E-state index in [2.05, 4.69) is 15.5 Å². The quantitative estimate of drug-likeness (QED) is 0.537. The number of amides is 1. The second-order valence-electron chi connectivity index (χ2n) is 5.94. The molecule has 28 heavy (non-hydrogen) atoms. The van der Waals surface area contributed by atoms with Crippen molar-refractivity contribution in [3.8, 4) is 5.75 Å². The standard InChI is InChI=1S/C19H18Cl2N4O2S/c1-12(18(26)22-14-7-5-6-13(20)10-14)28-19-24-23-17(25(19)2)11-27-16-9-4-3-8-15(16)21/h3-10,12H,11H2,1-2H3,(H,22,26)/t12-/m0/s1. The molecule has 0 spiro atoms. The average Bonchev–Trinajstić information content (AvgIpc) is 3.01. The normalized spacial score (nSPS) is 11.9. The van der Waals surface area contributed by atoms with Crippen molar-refractivity contribution in [3.63, 3.8) is 0 Å². The van der Waals surface area contributed by atoms with Crippen molar-refractivity contribution < 1.29 is 9.53 Å². The lowest BCUT2D eigenvalue weighted by molar-refractivity contribution is -0.115. The van der Waals surface area contributed by atoms with E-state index < -0.39 is 0 Å². The monoisotopic (exact) mass is 436 g/mol. The van der Waals surface area contributed by atoms with Gasteiger partial charge >= 0.3 is 0 Å². The molecule has 0 bridgehead atoms. The Morgan fingerprint density at radius 3 is 2.75 bits per heavy atom. The fourth-order valence-electron chi connectivity index (χ4n) is 2.30. The Morgan fingerprint density at radius 1 is 1.21 bits per heavy atom. The van der Waals surface area contributed by atoms with Crippen molar-refractivity contribution in [2.75, 3.05) is 5.32 Å². The minimum atomic E-state index is -0.376. The molecule has 3 rings (SSSR count). The maximum absolute atomic E-state index is 12.4. The zero-order chi connectivity index (χ0) is 20.1. The second kappa shape index (κ2) is 9.32. The number of halogens is 2. The van der Waals surface area contributed by atoms with Gasteiger partial charge in [-0.1, -0.05) is 53.2 Å². The molecule has 0 unspecified atom stereocenters. The molecule has 0 aliphatic carbocycles. The Bertz CT molecular complexity index is 980. The number of carbonyl (C=O) groups excluding carboxylic acids is 1. The summed E-state index contributed by atoms with van der Waals surface area (Å²) in [6.45, 7) is 2.02. The Balaban J connectivity index is 1.60. The predicted octanol–water partition coefficient (Wildman–Crippen LogP) is 4.82. The highest BCUT2D eigenvalue weighted by Gasteiger charge is 2.19. The van der Waals surface area contributed by atoms with E-state index in [9.17, 15) is 4.79 Å². The van der Waals surface area contributed by atoms with Crippen molar-refractivity contribution in [3.05, 3.63) is 64.4 Å². The molecule has 1 amide bonds. The van der Waals surface area contributed by atoms with Crippen molar-refractivity contribution in [1.82, 2.24) is 14.8 Å². The lowest BCUT2D eigenvalue weighted by Crippen LogP contribution is -2.22. The summed E-state index contributed by atoms with van der Waals surface area (Å²) in [6.07, 6.45) is 0. The smallest absolute Gasteiger partial charge is 0.237 e. The van der Waals surface area contributed by atoms with Gasteiger partial charge < -0.3 is 14.6 Å². The van der Waals surface area contributed by atoms with Crippen LogP contribution < -0.4 is 10.1 Å². The number of hydrogen-bond acceptors (Lipinski definition) is 5. The first kappa shape index (κ1) is 20.5. The fourth-order valence-corrected chi connectivity index (χ4v) is 3.51. The summed E-state index contributed by atoms with van der Waals surface area (Å²) in [6, 6.07) is 14.2. The minimum absolute atomic E-state index is 0.149. The Morgan fingerprint density at radius 2 is 2.00 bits per heavy atom. The predicted molar refractivity (Wildman–Crippen MR) is 112 cm³/mol. The van der Waals surface area contributed by atoms with Crippen molar-refractivity contribution >= 4 is 46.6 Å². The summed E-state index contributed by atoms with van der Waals surface area (Å²) in [7, 11) is 1.83. The number of hydrogen-bond donors (Lipinski definition) is 1. The van der Waals surface area contributed by atoms with Gasteiger partial charge in [0, 0.05) is 17.8 Å². The Kier molecular flexibility index (Phi) is 6.83. The molecule has 146 valence electrons. The summed E-state index contributed by atoms with van der Waals surface area (Å²) in [4.78, 5) is 12.4. The van der Waals surface area contributed by atoms with E-state index in [1.54, 1.807) is 47.9 Å². The molecule has 1 atom stereocenters. The van der Waals surface area contributed by atoms with Crippen LogP contribution in [-0.4, -0.2) is 25.9 Å². The number of nitrogens with zero attached hydrogens (tertiary/aromatic N) is 3. The van der Waals surface area contributed by atoms with Crippen LogP contribution in [0.5, 0.6) is 5.75 Å². The molecular formula is C19H18Cl2N4O2S. The van der Waals surface area contributed by atoms with Crippen LogP contribution in [0.1, 0.15) is 12.7 Å². The number of thioether (sulfide) groups is 1. The van der Waals surface area contributed by atoms with Crippen LogP contribution in [0.15, 0.2) is 53.7 Å². The van der Waals surface area contributed by atoms with Gasteiger partial charge in [0.2, 0.25) is 5.91 Å². The number of anilines is 1. The molecule has 3 aromatic rings. The number of nitrogens with one attached hydrogen (secondary N) is 1. The molecule has 1 aromatic heterocycles. The molecule has 0 aliphatic heterocycles. The molecule has 0 saturated heterocycles. The van der Waals surface area contributed by atoms with Crippen LogP contribution in [0, 0.1) is 0 Å². The van der Waals surface area contributed by atoms with E-state index in [0.717, 1.165) is 0 Å². The van der Waals surface area contributed by atoms with E-state index in [-0.39, 0.29) is 17.8 Å². The maximum atomic E-state index is 12.4. The van der Waals surface area contributed by atoms with Crippen LogP contribution in [-0.2, 0) is 18.4 Å². The van der Waals surface area contributed by atoms with Gasteiger partial charge in [0.1, 0.15) is 12.4 Å². The topological polar surface area (TPSA) is 69.0 Å². The van der Waals surface area contributed by atoms with Crippen LogP contribution >= 0.6 is 35.0 Å². The summed E-state index contributed by atoms with van der Waals surface area (Å²) in [5.41, 5.74) is 0.650. The van der Waals surface area contributed by atoms with Gasteiger partial charge in [0.05, 0.1) is 10.3 Å². The maximum Gasteiger partial charge on any atom is 0.237 e. The summed E-state index contributed by atoms with van der Waals surface area (Å²) >= 11 is 13.3.